The fourth-order valence-electron chi connectivity index (χ4n) is 2.01. The molecule has 0 unspecified atom stereocenters. The normalized spacial score (nSPS) is 13.8. The van der Waals surface area contributed by atoms with Gasteiger partial charge in [-0.15, -0.1) is 0 Å². The Kier molecular flexibility index (Phi) is 4.20. The first kappa shape index (κ1) is 14.1. The molecule has 0 aliphatic heterocycles. The fraction of sp³-hybridized carbons (Fsp3) is 0.250. The van der Waals surface area contributed by atoms with Crippen molar-refractivity contribution in [2.45, 2.75) is 25.4 Å². The van der Waals surface area contributed by atoms with Gasteiger partial charge in [0.05, 0.1) is 12.2 Å². The first-order chi connectivity index (χ1) is 10.2. The second kappa shape index (κ2) is 6.26. The Morgan fingerprint density at radius 1 is 1.24 bits per heavy atom. The van der Waals surface area contributed by atoms with Gasteiger partial charge in [-0.05, 0) is 59.1 Å². The third-order valence-corrected chi connectivity index (χ3v) is 3.73. The number of hydrogen-bond donors (Lipinski definition) is 2. The molecule has 1 amide bonds. The van der Waals surface area contributed by atoms with Gasteiger partial charge in [0.15, 0.2) is 0 Å². The second-order valence-corrected chi connectivity index (χ2v) is 5.95. The summed E-state index contributed by atoms with van der Waals surface area (Å²) in [7, 11) is 0. The van der Waals surface area contributed by atoms with Gasteiger partial charge in [0.25, 0.3) is 5.91 Å². The molecule has 3 rings (SSSR count). The highest BCUT2D eigenvalue weighted by molar-refractivity contribution is 9.10. The highest BCUT2D eigenvalue weighted by Gasteiger charge is 2.23. The van der Waals surface area contributed by atoms with Crippen molar-refractivity contribution >= 4 is 27.5 Å². The van der Waals surface area contributed by atoms with Crippen LogP contribution in [0.4, 0.5) is 5.69 Å². The second-order valence-electron chi connectivity index (χ2n) is 5.13. The summed E-state index contributed by atoms with van der Waals surface area (Å²) in [5.74, 6) is 0.00160. The molecule has 0 radical (unpaired) electrons. The number of amides is 1. The van der Waals surface area contributed by atoms with E-state index in [9.17, 15) is 4.79 Å². The number of nitrogens with zero attached hydrogens (tertiary/aromatic N) is 1. The maximum Gasteiger partial charge on any atom is 0.251 e. The van der Waals surface area contributed by atoms with E-state index >= 15 is 0 Å². The molecule has 2 aromatic rings. The van der Waals surface area contributed by atoms with Crippen LogP contribution >= 0.6 is 15.9 Å². The van der Waals surface area contributed by atoms with Crippen molar-refractivity contribution in [2.24, 2.45) is 0 Å². The van der Waals surface area contributed by atoms with Gasteiger partial charge < -0.3 is 10.6 Å². The zero-order valence-electron chi connectivity index (χ0n) is 11.5. The average molecular weight is 346 g/mol. The number of hydrogen-bond acceptors (Lipinski definition) is 3. The summed E-state index contributed by atoms with van der Waals surface area (Å²) in [4.78, 5) is 16.4. The molecule has 0 atom stereocenters. The smallest absolute Gasteiger partial charge is 0.251 e. The van der Waals surface area contributed by atoms with Crippen LogP contribution in [-0.2, 0) is 6.54 Å². The minimum absolute atomic E-state index is 0.00160. The lowest BCUT2D eigenvalue weighted by Crippen LogP contribution is -2.25. The molecule has 1 aliphatic carbocycles. The zero-order valence-corrected chi connectivity index (χ0v) is 13.1. The predicted octanol–water partition coefficient (Wildman–Crippen LogP) is 3.35. The number of benzene rings is 1. The molecule has 1 heterocycles. The average Bonchev–Trinajstić information content (AvgIpc) is 3.29. The number of rotatable bonds is 5. The topological polar surface area (TPSA) is 54.0 Å². The lowest BCUT2D eigenvalue weighted by atomic mass is 10.2. The summed E-state index contributed by atoms with van der Waals surface area (Å²) >= 11 is 3.36. The van der Waals surface area contributed by atoms with E-state index in [-0.39, 0.29) is 5.91 Å². The monoisotopic (exact) mass is 345 g/mol. The number of carbonyl (C=O) groups excluding carboxylic acids is 1. The SMILES string of the molecule is O=C(NC1CC1)c1cccc(NCc2cccc(Br)n2)c1. The zero-order chi connectivity index (χ0) is 14.7. The summed E-state index contributed by atoms with van der Waals surface area (Å²) in [6, 6.07) is 13.7. The van der Waals surface area contributed by atoms with Gasteiger partial charge in [-0.3, -0.25) is 4.79 Å². The summed E-state index contributed by atoms with van der Waals surface area (Å²) in [5.41, 5.74) is 2.55. The van der Waals surface area contributed by atoms with Crippen LogP contribution in [0.1, 0.15) is 28.9 Å². The number of carbonyl (C=O) groups is 1. The molecule has 0 bridgehead atoms. The van der Waals surface area contributed by atoms with Crippen molar-refractivity contribution in [3.8, 4) is 0 Å². The van der Waals surface area contributed by atoms with Crippen LogP contribution in [-0.4, -0.2) is 16.9 Å². The van der Waals surface area contributed by atoms with Crippen LogP contribution in [0.15, 0.2) is 47.1 Å². The van der Waals surface area contributed by atoms with Gasteiger partial charge >= 0.3 is 0 Å². The number of nitrogens with one attached hydrogen (secondary N) is 2. The van der Waals surface area contributed by atoms with E-state index < -0.39 is 0 Å². The van der Waals surface area contributed by atoms with Crippen molar-refractivity contribution in [1.29, 1.82) is 0 Å². The number of aromatic nitrogens is 1. The molecular weight excluding hydrogens is 330 g/mol. The lowest BCUT2D eigenvalue weighted by molar-refractivity contribution is 0.0951. The van der Waals surface area contributed by atoms with Crippen molar-refractivity contribution in [3.63, 3.8) is 0 Å². The summed E-state index contributed by atoms with van der Waals surface area (Å²) in [6.45, 7) is 0.618. The first-order valence-corrected chi connectivity index (χ1v) is 7.76. The van der Waals surface area contributed by atoms with Gasteiger partial charge in [-0.25, -0.2) is 4.98 Å². The van der Waals surface area contributed by atoms with E-state index in [1.165, 1.54) is 0 Å². The Hall–Kier alpha value is -1.88. The maximum absolute atomic E-state index is 12.0. The van der Waals surface area contributed by atoms with Crippen molar-refractivity contribution in [1.82, 2.24) is 10.3 Å². The number of pyridine rings is 1. The van der Waals surface area contributed by atoms with Crippen LogP contribution < -0.4 is 10.6 Å². The van der Waals surface area contributed by atoms with E-state index in [1.807, 2.05) is 42.5 Å². The van der Waals surface area contributed by atoms with Gasteiger partial charge in [0.1, 0.15) is 4.60 Å². The minimum Gasteiger partial charge on any atom is -0.379 e. The van der Waals surface area contributed by atoms with Gasteiger partial charge in [0, 0.05) is 17.3 Å². The van der Waals surface area contributed by atoms with Crippen LogP contribution in [0.3, 0.4) is 0 Å². The number of anilines is 1. The van der Waals surface area contributed by atoms with Gasteiger partial charge in [0.2, 0.25) is 0 Å². The molecule has 0 saturated heterocycles. The standard InChI is InChI=1S/C16H16BrN3O/c17-15-6-2-5-14(19-15)10-18-13-4-1-3-11(9-13)16(21)20-12-7-8-12/h1-6,9,12,18H,7-8,10H2,(H,20,21). The maximum atomic E-state index is 12.0. The van der Waals surface area contributed by atoms with Crippen LogP contribution in [0.25, 0.3) is 0 Å². The van der Waals surface area contributed by atoms with Crippen LogP contribution in [0.5, 0.6) is 0 Å². The molecule has 1 aromatic heterocycles. The highest BCUT2D eigenvalue weighted by atomic mass is 79.9. The molecule has 5 heteroatoms. The van der Waals surface area contributed by atoms with Crippen molar-refractivity contribution in [2.75, 3.05) is 5.32 Å². The Bertz CT molecular complexity index is 655. The van der Waals surface area contributed by atoms with Gasteiger partial charge in [-0.2, -0.15) is 0 Å². The summed E-state index contributed by atoms with van der Waals surface area (Å²) in [6.07, 6.45) is 2.19. The molecular formula is C16H16BrN3O. The summed E-state index contributed by atoms with van der Waals surface area (Å²) in [5, 5.41) is 6.28. The molecule has 2 N–H and O–H groups in total. The van der Waals surface area contributed by atoms with Crippen molar-refractivity contribution in [3.05, 3.63) is 58.3 Å². The Morgan fingerprint density at radius 3 is 2.81 bits per heavy atom. The van der Waals surface area contributed by atoms with E-state index in [0.29, 0.717) is 18.2 Å². The van der Waals surface area contributed by atoms with Gasteiger partial charge in [-0.1, -0.05) is 12.1 Å². The molecule has 1 saturated carbocycles. The number of halogens is 1. The summed E-state index contributed by atoms with van der Waals surface area (Å²) < 4.78 is 0.819. The molecule has 1 fully saturated rings. The van der Waals surface area contributed by atoms with E-state index in [0.717, 1.165) is 28.8 Å². The molecule has 21 heavy (non-hydrogen) atoms. The van der Waals surface area contributed by atoms with Crippen molar-refractivity contribution < 1.29 is 4.79 Å². The quantitative estimate of drug-likeness (QED) is 0.817. The predicted molar refractivity (Wildman–Crippen MR) is 86.2 cm³/mol. The van der Waals surface area contributed by atoms with E-state index in [2.05, 4.69) is 31.5 Å². The van der Waals surface area contributed by atoms with Crippen LogP contribution in [0.2, 0.25) is 0 Å². The fourth-order valence-corrected chi connectivity index (χ4v) is 2.39. The van der Waals surface area contributed by atoms with E-state index in [4.69, 9.17) is 0 Å². The Morgan fingerprint density at radius 2 is 2.05 bits per heavy atom. The molecule has 0 spiro atoms. The molecule has 4 nitrogen and oxygen atoms in total. The molecule has 1 aromatic carbocycles. The molecule has 1 aliphatic rings. The highest BCUT2D eigenvalue weighted by Crippen LogP contribution is 2.20. The first-order valence-electron chi connectivity index (χ1n) is 6.97. The van der Waals surface area contributed by atoms with E-state index in [1.54, 1.807) is 0 Å². The Balaban J connectivity index is 1.63. The third-order valence-electron chi connectivity index (χ3n) is 3.28. The molecule has 108 valence electrons. The largest absolute Gasteiger partial charge is 0.379 e. The van der Waals surface area contributed by atoms with Crippen LogP contribution in [0, 0.1) is 0 Å². The third kappa shape index (κ3) is 4.04. The Labute approximate surface area is 132 Å². The lowest BCUT2D eigenvalue weighted by Gasteiger charge is -2.08. The minimum atomic E-state index is 0.00160.